The molecule has 1 unspecified atom stereocenters. The van der Waals surface area contributed by atoms with Gasteiger partial charge in [0.15, 0.2) is 5.78 Å². The van der Waals surface area contributed by atoms with Crippen LogP contribution < -0.4 is 0 Å². The van der Waals surface area contributed by atoms with Crippen molar-refractivity contribution in [3.05, 3.63) is 64.7 Å². The number of rotatable bonds is 5. The van der Waals surface area contributed by atoms with E-state index in [0.717, 1.165) is 5.57 Å². The molecule has 0 aliphatic heterocycles. The number of benzene rings is 1. The number of furan rings is 1. The van der Waals surface area contributed by atoms with Gasteiger partial charge in [0.1, 0.15) is 22.9 Å². The van der Waals surface area contributed by atoms with Crippen LogP contribution in [-0.4, -0.2) is 40.4 Å². The molecule has 0 radical (unpaired) electrons. The number of ketones is 1. The Morgan fingerprint density at radius 2 is 2.07 bits per heavy atom. The lowest BCUT2D eigenvalue weighted by molar-refractivity contribution is 0.0660. The van der Waals surface area contributed by atoms with Crippen LogP contribution in [0.4, 0.5) is 0 Å². The summed E-state index contributed by atoms with van der Waals surface area (Å²) < 4.78 is 11.7. The van der Waals surface area contributed by atoms with Gasteiger partial charge in [-0.05, 0) is 56.2 Å². The normalized spacial score (nSPS) is 18.9. The van der Waals surface area contributed by atoms with Crippen molar-refractivity contribution in [2.24, 2.45) is 0 Å². The van der Waals surface area contributed by atoms with Crippen LogP contribution in [0.5, 0.6) is 5.75 Å². The summed E-state index contributed by atoms with van der Waals surface area (Å²) in [7, 11) is 0. The van der Waals surface area contributed by atoms with Gasteiger partial charge in [0, 0.05) is 28.9 Å². The summed E-state index contributed by atoms with van der Waals surface area (Å²) >= 11 is 0. The van der Waals surface area contributed by atoms with Crippen molar-refractivity contribution >= 4 is 16.8 Å². The molecule has 0 spiro atoms. The van der Waals surface area contributed by atoms with Gasteiger partial charge < -0.3 is 24.5 Å². The van der Waals surface area contributed by atoms with E-state index in [9.17, 15) is 15.0 Å². The Balaban J connectivity index is 1.67. The molecule has 1 heterocycles. The number of ether oxygens (including phenoxy) is 1. The van der Waals surface area contributed by atoms with E-state index in [2.05, 4.69) is 0 Å². The summed E-state index contributed by atoms with van der Waals surface area (Å²) in [5.74, 6) is 1.23. The van der Waals surface area contributed by atoms with E-state index in [0.29, 0.717) is 46.5 Å². The number of aromatic hydroxyl groups is 1. The Labute approximate surface area is 168 Å². The van der Waals surface area contributed by atoms with Crippen molar-refractivity contribution in [1.29, 1.82) is 0 Å². The van der Waals surface area contributed by atoms with Gasteiger partial charge in [-0.2, -0.15) is 0 Å². The third-order valence-corrected chi connectivity index (χ3v) is 5.64. The second-order valence-corrected chi connectivity index (χ2v) is 7.95. The maximum atomic E-state index is 13.3. The molecule has 2 aromatic rings. The highest BCUT2D eigenvalue weighted by Crippen LogP contribution is 2.47. The van der Waals surface area contributed by atoms with Crippen LogP contribution in [-0.2, 0) is 10.2 Å². The molecule has 0 saturated heterocycles. The number of carbonyl (C=O) groups is 1. The summed E-state index contributed by atoms with van der Waals surface area (Å²) in [5.41, 5.74) is 2.12. The minimum atomic E-state index is -0.805. The lowest BCUT2D eigenvalue weighted by Crippen LogP contribution is -2.29. The lowest BCUT2D eigenvalue weighted by Gasteiger charge is -2.31. The highest BCUT2D eigenvalue weighted by atomic mass is 16.5. The fraction of sp³-hybridized carbons (Fsp3) is 0.348. The van der Waals surface area contributed by atoms with Crippen molar-refractivity contribution in [1.82, 2.24) is 0 Å². The molecule has 4 rings (SSSR count). The maximum absolute atomic E-state index is 13.3. The molecule has 29 heavy (non-hydrogen) atoms. The summed E-state index contributed by atoms with van der Waals surface area (Å²) in [5, 5.41) is 28.8. The van der Waals surface area contributed by atoms with E-state index in [1.165, 1.54) is 6.07 Å². The Hall–Kier alpha value is -2.83. The number of aliphatic hydroxyl groups is 2. The highest BCUT2D eigenvalue weighted by Gasteiger charge is 2.42. The van der Waals surface area contributed by atoms with Crippen molar-refractivity contribution in [2.45, 2.75) is 38.2 Å². The zero-order valence-electron chi connectivity index (χ0n) is 16.4. The topological polar surface area (TPSA) is 100 Å². The summed E-state index contributed by atoms with van der Waals surface area (Å²) in [4.78, 5) is 13.3. The van der Waals surface area contributed by atoms with Crippen LogP contribution in [0, 0.1) is 0 Å². The number of phenolic OH excluding ortho intramolecular Hbond substituents is 1. The molecule has 0 fully saturated rings. The van der Waals surface area contributed by atoms with Crippen molar-refractivity contribution in [3.63, 3.8) is 0 Å². The number of fused-ring (bicyclic) bond motifs is 3. The molecule has 6 nitrogen and oxygen atoms in total. The Kier molecular flexibility index (Phi) is 4.84. The second kappa shape index (κ2) is 7.21. The predicted octanol–water partition coefficient (Wildman–Crippen LogP) is 3.51. The van der Waals surface area contributed by atoms with E-state index in [1.54, 1.807) is 24.3 Å². The minimum Gasteiger partial charge on any atom is -0.508 e. The van der Waals surface area contributed by atoms with Crippen molar-refractivity contribution in [2.75, 3.05) is 13.2 Å². The van der Waals surface area contributed by atoms with Gasteiger partial charge >= 0.3 is 0 Å². The standard InChI is InChI=1S/C23H24O6/c1-23(2)18-8-5-15(28-10-9-14(26)12-24)4-7-16(18)21(27)20-17-6-3-13(25)11-19(17)29-22(20)23/h3-7,11,14,24-26H,8-10,12H2,1-2H3. The van der Waals surface area contributed by atoms with Crippen molar-refractivity contribution in [3.8, 4) is 5.75 Å². The van der Waals surface area contributed by atoms with E-state index in [1.807, 2.05) is 19.9 Å². The molecular formula is C23H24O6. The number of aliphatic hydroxyl groups excluding tert-OH is 2. The first-order valence-electron chi connectivity index (χ1n) is 9.67. The summed E-state index contributed by atoms with van der Waals surface area (Å²) in [6.07, 6.45) is 5.51. The molecule has 1 aromatic heterocycles. The van der Waals surface area contributed by atoms with Crippen LogP contribution in [0.3, 0.4) is 0 Å². The Morgan fingerprint density at radius 3 is 2.83 bits per heavy atom. The molecule has 1 aromatic carbocycles. The summed E-state index contributed by atoms with van der Waals surface area (Å²) in [6.45, 7) is 4.03. The third kappa shape index (κ3) is 3.28. The number of phenols is 1. The third-order valence-electron chi connectivity index (χ3n) is 5.64. The Bertz CT molecular complexity index is 1070. The first kappa shape index (κ1) is 19.5. The van der Waals surface area contributed by atoms with Crippen LogP contribution in [0.1, 0.15) is 42.8 Å². The first-order valence-corrected chi connectivity index (χ1v) is 9.67. The molecule has 2 aliphatic carbocycles. The van der Waals surface area contributed by atoms with Gasteiger partial charge in [-0.25, -0.2) is 0 Å². The number of allylic oxidation sites excluding steroid dienone is 5. The van der Waals surface area contributed by atoms with E-state index in [-0.39, 0.29) is 24.7 Å². The largest absolute Gasteiger partial charge is 0.508 e. The van der Waals surface area contributed by atoms with Gasteiger partial charge in [-0.1, -0.05) is 0 Å². The molecule has 0 saturated carbocycles. The molecule has 3 N–H and O–H groups in total. The predicted molar refractivity (Wildman–Crippen MR) is 108 cm³/mol. The average Bonchev–Trinajstić information content (AvgIpc) is 2.93. The van der Waals surface area contributed by atoms with E-state index < -0.39 is 11.5 Å². The molecule has 6 heteroatoms. The van der Waals surface area contributed by atoms with Crippen LogP contribution in [0.15, 0.2) is 57.7 Å². The fourth-order valence-corrected chi connectivity index (χ4v) is 3.98. The monoisotopic (exact) mass is 396 g/mol. The zero-order chi connectivity index (χ0) is 20.8. The van der Waals surface area contributed by atoms with Gasteiger partial charge in [0.25, 0.3) is 0 Å². The second-order valence-electron chi connectivity index (χ2n) is 7.95. The number of Topliss-reactive ketones (excluding diaryl/α,β-unsaturated/α-hetero) is 1. The first-order chi connectivity index (χ1) is 13.8. The van der Waals surface area contributed by atoms with Gasteiger partial charge in [0.05, 0.1) is 24.9 Å². The van der Waals surface area contributed by atoms with Crippen LogP contribution >= 0.6 is 0 Å². The molecular weight excluding hydrogens is 372 g/mol. The minimum absolute atomic E-state index is 0.0966. The highest BCUT2D eigenvalue weighted by molar-refractivity contribution is 6.20. The Morgan fingerprint density at radius 1 is 1.28 bits per heavy atom. The quantitative estimate of drug-likeness (QED) is 0.715. The fourth-order valence-electron chi connectivity index (χ4n) is 3.98. The van der Waals surface area contributed by atoms with Gasteiger partial charge in [-0.15, -0.1) is 0 Å². The van der Waals surface area contributed by atoms with E-state index >= 15 is 0 Å². The molecule has 0 bridgehead atoms. The lowest BCUT2D eigenvalue weighted by atomic mass is 9.70. The van der Waals surface area contributed by atoms with Crippen molar-refractivity contribution < 1.29 is 29.3 Å². The van der Waals surface area contributed by atoms with Crippen LogP contribution in [0.2, 0.25) is 0 Å². The number of hydrogen-bond donors (Lipinski definition) is 3. The van der Waals surface area contributed by atoms with Crippen LogP contribution in [0.25, 0.3) is 11.0 Å². The SMILES string of the molecule is CC1(C)C2=C(C=CC(OCCC(O)CO)=CC2)C(=O)c2c1oc1cc(O)ccc21. The number of hydrogen-bond acceptors (Lipinski definition) is 6. The zero-order valence-corrected chi connectivity index (χ0v) is 16.4. The molecule has 1 atom stereocenters. The smallest absolute Gasteiger partial charge is 0.197 e. The number of carbonyl (C=O) groups excluding carboxylic acids is 1. The van der Waals surface area contributed by atoms with E-state index in [4.69, 9.17) is 14.3 Å². The molecule has 152 valence electrons. The summed E-state index contributed by atoms with van der Waals surface area (Å²) in [6, 6.07) is 4.80. The molecule has 2 aliphatic rings. The van der Waals surface area contributed by atoms with Gasteiger partial charge in [0.2, 0.25) is 0 Å². The maximum Gasteiger partial charge on any atom is 0.197 e. The average molecular weight is 396 g/mol. The van der Waals surface area contributed by atoms with Gasteiger partial charge in [-0.3, -0.25) is 4.79 Å². The molecule has 0 amide bonds.